The number of hydrogen-bond acceptors (Lipinski definition) is 4. The fraction of sp³-hybridized carbons (Fsp3) is 0.935. The molecule has 4 saturated carbocycles. The Labute approximate surface area is 214 Å². The Bertz CT molecular complexity index is 791. The van der Waals surface area contributed by atoms with Crippen molar-refractivity contribution in [2.24, 2.45) is 46.3 Å². The molecule has 0 spiro atoms. The summed E-state index contributed by atoms with van der Waals surface area (Å²) in [5.74, 6) is 3.99. The summed E-state index contributed by atoms with van der Waals surface area (Å²) in [4.78, 5) is 24.5. The number of hydrogen-bond donors (Lipinski definition) is 0. The first-order valence-corrected chi connectivity index (χ1v) is 14.8. The Kier molecular flexibility index (Phi) is 7.72. The van der Waals surface area contributed by atoms with Crippen molar-refractivity contribution in [2.75, 3.05) is 0 Å². The van der Waals surface area contributed by atoms with E-state index in [1.165, 1.54) is 58.8 Å². The van der Waals surface area contributed by atoms with Crippen LogP contribution in [0.3, 0.4) is 0 Å². The van der Waals surface area contributed by atoms with Crippen LogP contribution in [-0.2, 0) is 19.1 Å². The van der Waals surface area contributed by atoms with Crippen LogP contribution in [0.1, 0.15) is 126 Å². The highest BCUT2D eigenvalue weighted by Crippen LogP contribution is 2.70. The van der Waals surface area contributed by atoms with Gasteiger partial charge in [-0.3, -0.25) is 9.59 Å². The third kappa shape index (κ3) is 4.58. The summed E-state index contributed by atoms with van der Waals surface area (Å²) < 4.78 is 12.2. The zero-order valence-electron chi connectivity index (χ0n) is 23.7. The molecule has 200 valence electrons. The van der Waals surface area contributed by atoms with E-state index in [9.17, 15) is 9.59 Å². The number of rotatable bonds is 7. The van der Waals surface area contributed by atoms with E-state index in [0.717, 1.165) is 55.8 Å². The quantitative estimate of drug-likeness (QED) is 0.344. The highest BCUT2D eigenvalue weighted by molar-refractivity contribution is 5.68. The molecule has 4 fully saturated rings. The Balaban J connectivity index is 1.58. The Morgan fingerprint density at radius 3 is 2.26 bits per heavy atom. The van der Waals surface area contributed by atoms with Crippen molar-refractivity contribution in [3.63, 3.8) is 0 Å². The molecule has 4 rings (SSSR count). The predicted molar refractivity (Wildman–Crippen MR) is 140 cm³/mol. The summed E-state index contributed by atoms with van der Waals surface area (Å²) in [6.07, 6.45) is 13.9. The molecule has 0 radical (unpaired) electrons. The van der Waals surface area contributed by atoms with E-state index in [1.54, 1.807) is 0 Å². The minimum absolute atomic E-state index is 0.123. The van der Waals surface area contributed by atoms with Gasteiger partial charge in [-0.05, 0) is 98.7 Å². The van der Waals surface area contributed by atoms with Crippen LogP contribution in [0, 0.1) is 46.3 Å². The molecule has 9 atom stereocenters. The fourth-order valence-electron chi connectivity index (χ4n) is 10.1. The second kappa shape index (κ2) is 10.0. The first kappa shape index (κ1) is 27.0. The summed E-state index contributed by atoms with van der Waals surface area (Å²) in [5, 5.41) is 0. The van der Waals surface area contributed by atoms with Gasteiger partial charge in [0.25, 0.3) is 0 Å². The molecule has 0 N–H and O–H groups in total. The molecule has 35 heavy (non-hydrogen) atoms. The molecule has 4 nitrogen and oxygen atoms in total. The van der Waals surface area contributed by atoms with Gasteiger partial charge in [-0.15, -0.1) is 0 Å². The van der Waals surface area contributed by atoms with Crippen molar-refractivity contribution in [1.82, 2.24) is 0 Å². The SMILES string of the molecule is CC(=O)OC1CCCC2(C)C3CCC4(C)C(C(C)CCCC(C)C)CCC4C3CCC12OC(C)=O. The van der Waals surface area contributed by atoms with Crippen molar-refractivity contribution in [1.29, 1.82) is 0 Å². The summed E-state index contributed by atoms with van der Waals surface area (Å²) in [5.41, 5.74) is -0.345. The Morgan fingerprint density at radius 2 is 1.60 bits per heavy atom. The van der Waals surface area contributed by atoms with Gasteiger partial charge >= 0.3 is 11.9 Å². The lowest BCUT2D eigenvalue weighted by molar-refractivity contribution is -0.263. The maximum absolute atomic E-state index is 12.4. The number of ether oxygens (including phenoxy) is 2. The van der Waals surface area contributed by atoms with Gasteiger partial charge in [-0.25, -0.2) is 0 Å². The normalized spacial score (nSPS) is 43.6. The van der Waals surface area contributed by atoms with Crippen molar-refractivity contribution in [3.8, 4) is 0 Å². The van der Waals surface area contributed by atoms with Crippen LogP contribution in [-0.4, -0.2) is 23.6 Å². The van der Waals surface area contributed by atoms with E-state index in [1.807, 2.05) is 0 Å². The van der Waals surface area contributed by atoms with Crippen molar-refractivity contribution in [3.05, 3.63) is 0 Å². The third-order valence-electron chi connectivity index (χ3n) is 11.6. The standard InChI is InChI=1S/C31H52O4/c1-20(2)10-8-11-21(3)25-13-14-26-24-15-19-31(35-23(5)33)28(34-22(4)32)12-9-17-30(31,7)27(24)16-18-29(25,26)6/h20-21,24-28H,8-19H2,1-7H3. The summed E-state index contributed by atoms with van der Waals surface area (Å²) in [6, 6.07) is 0. The van der Waals surface area contributed by atoms with Crippen LogP contribution < -0.4 is 0 Å². The van der Waals surface area contributed by atoms with Crippen molar-refractivity contribution in [2.45, 2.75) is 137 Å². The summed E-state index contributed by atoms with van der Waals surface area (Å²) in [6.45, 7) is 15.2. The molecule has 4 aliphatic rings. The second-order valence-corrected chi connectivity index (χ2v) is 13.8. The number of carbonyl (C=O) groups excluding carboxylic acids is 2. The van der Waals surface area contributed by atoms with Gasteiger partial charge in [-0.2, -0.15) is 0 Å². The molecule has 9 unspecified atom stereocenters. The number of fused-ring (bicyclic) bond motifs is 5. The minimum atomic E-state index is -0.667. The maximum atomic E-state index is 12.4. The van der Waals surface area contributed by atoms with Crippen LogP contribution >= 0.6 is 0 Å². The Morgan fingerprint density at radius 1 is 0.857 bits per heavy atom. The van der Waals surface area contributed by atoms with Gasteiger partial charge in [0, 0.05) is 19.3 Å². The zero-order valence-corrected chi connectivity index (χ0v) is 23.7. The molecule has 0 aliphatic heterocycles. The van der Waals surface area contributed by atoms with Gasteiger partial charge < -0.3 is 9.47 Å². The topological polar surface area (TPSA) is 52.6 Å². The number of esters is 2. The maximum Gasteiger partial charge on any atom is 0.303 e. The van der Waals surface area contributed by atoms with Gasteiger partial charge in [0.15, 0.2) is 5.60 Å². The van der Waals surface area contributed by atoms with E-state index in [-0.39, 0.29) is 23.5 Å². The lowest BCUT2D eigenvalue weighted by atomic mass is 9.42. The van der Waals surface area contributed by atoms with E-state index in [2.05, 4.69) is 34.6 Å². The average molecular weight is 489 g/mol. The summed E-state index contributed by atoms with van der Waals surface area (Å²) >= 11 is 0. The van der Waals surface area contributed by atoms with E-state index in [0.29, 0.717) is 17.3 Å². The lowest BCUT2D eigenvalue weighted by Crippen LogP contribution is -2.68. The van der Waals surface area contributed by atoms with Crippen LogP contribution in [0.15, 0.2) is 0 Å². The van der Waals surface area contributed by atoms with Gasteiger partial charge in [0.2, 0.25) is 0 Å². The van der Waals surface area contributed by atoms with Gasteiger partial charge in [0.05, 0.1) is 0 Å². The predicted octanol–water partition coefficient (Wildman–Crippen LogP) is 7.73. The molecule has 0 bridgehead atoms. The smallest absolute Gasteiger partial charge is 0.303 e. The van der Waals surface area contributed by atoms with Crippen molar-refractivity contribution >= 4 is 11.9 Å². The van der Waals surface area contributed by atoms with E-state index >= 15 is 0 Å². The molecular weight excluding hydrogens is 436 g/mol. The first-order chi connectivity index (χ1) is 16.4. The molecule has 4 aliphatic carbocycles. The summed E-state index contributed by atoms with van der Waals surface area (Å²) in [7, 11) is 0. The largest absolute Gasteiger partial charge is 0.458 e. The average Bonchev–Trinajstić information content (AvgIpc) is 3.11. The van der Waals surface area contributed by atoms with Crippen molar-refractivity contribution < 1.29 is 19.1 Å². The van der Waals surface area contributed by atoms with Crippen LogP contribution in [0.2, 0.25) is 0 Å². The second-order valence-electron chi connectivity index (χ2n) is 13.8. The highest BCUT2D eigenvalue weighted by atomic mass is 16.6. The van der Waals surface area contributed by atoms with Crippen LogP contribution in [0.25, 0.3) is 0 Å². The van der Waals surface area contributed by atoms with Crippen LogP contribution in [0.5, 0.6) is 0 Å². The molecule has 0 aromatic heterocycles. The molecule has 0 heterocycles. The first-order valence-electron chi connectivity index (χ1n) is 14.8. The molecule has 0 aromatic rings. The molecular formula is C31H52O4. The molecule has 0 aromatic carbocycles. The monoisotopic (exact) mass is 488 g/mol. The lowest BCUT2D eigenvalue weighted by Gasteiger charge is -2.65. The van der Waals surface area contributed by atoms with Crippen LogP contribution in [0.4, 0.5) is 0 Å². The van der Waals surface area contributed by atoms with Gasteiger partial charge in [-0.1, -0.05) is 53.9 Å². The fourth-order valence-corrected chi connectivity index (χ4v) is 10.1. The minimum Gasteiger partial charge on any atom is -0.458 e. The third-order valence-corrected chi connectivity index (χ3v) is 11.6. The highest BCUT2D eigenvalue weighted by Gasteiger charge is 2.68. The van der Waals surface area contributed by atoms with E-state index < -0.39 is 5.60 Å². The molecule has 0 amide bonds. The Hall–Kier alpha value is -1.06. The molecule has 4 heteroatoms. The van der Waals surface area contributed by atoms with E-state index in [4.69, 9.17) is 9.47 Å². The number of carbonyl (C=O) groups is 2. The van der Waals surface area contributed by atoms with Gasteiger partial charge in [0.1, 0.15) is 6.10 Å². The zero-order chi connectivity index (χ0) is 25.6. The molecule has 0 saturated heterocycles.